The molecule has 3 aliphatic rings. The third kappa shape index (κ3) is 1.64. The second kappa shape index (κ2) is 3.75. The van der Waals surface area contributed by atoms with E-state index in [1.54, 1.807) is 0 Å². The molecule has 0 unspecified atom stereocenters. The van der Waals surface area contributed by atoms with Gasteiger partial charge in [-0.3, -0.25) is 0 Å². The Morgan fingerprint density at radius 3 is 2.50 bits per heavy atom. The van der Waals surface area contributed by atoms with Gasteiger partial charge in [0.25, 0.3) is 0 Å². The van der Waals surface area contributed by atoms with Gasteiger partial charge in [-0.1, -0.05) is 0 Å². The molecule has 3 fully saturated rings. The fourth-order valence-electron chi connectivity index (χ4n) is 2.77. The average Bonchev–Trinajstić information content (AvgIpc) is 2.17. The van der Waals surface area contributed by atoms with Crippen LogP contribution in [0.25, 0.3) is 0 Å². The standard InChI is InChI=1S/C10H19NO/c12-7-1-2-10-8-11-5-3-9(10)4-6-11/h9-10,12H,1-8H2/t10-/m1/s1. The van der Waals surface area contributed by atoms with Gasteiger partial charge in [-0.2, -0.15) is 0 Å². The fraction of sp³-hybridized carbons (Fsp3) is 1.00. The van der Waals surface area contributed by atoms with E-state index in [-0.39, 0.29) is 0 Å². The quantitative estimate of drug-likeness (QED) is 0.684. The van der Waals surface area contributed by atoms with Gasteiger partial charge >= 0.3 is 0 Å². The van der Waals surface area contributed by atoms with Crippen molar-refractivity contribution in [2.75, 3.05) is 26.2 Å². The smallest absolute Gasteiger partial charge is 0.0431 e. The average molecular weight is 169 g/mol. The summed E-state index contributed by atoms with van der Waals surface area (Å²) < 4.78 is 0. The Morgan fingerprint density at radius 2 is 2.00 bits per heavy atom. The van der Waals surface area contributed by atoms with Crippen molar-refractivity contribution in [2.45, 2.75) is 25.7 Å². The van der Waals surface area contributed by atoms with E-state index in [1.807, 2.05) is 0 Å². The summed E-state index contributed by atoms with van der Waals surface area (Å²) in [6.45, 7) is 4.36. The van der Waals surface area contributed by atoms with Crippen LogP contribution in [0.15, 0.2) is 0 Å². The highest BCUT2D eigenvalue weighted by molar-refractivity contribution is 4.86. The molecule has 12 heavy (non-hydrogen) atoms. The number of rotatable bonds is 3. The summed E-state index contributed by atoms with van der Waals surface area (Å²) in [6, 6.07) is 0. The van der Waals surface area contributed by atoms with Gasteiger partial charge in [-0.15, -0.1) is 0 Å². The molecule has 0 amide bonds. The van der Waals surface area contributed by atoms with Crippen LogP contribution in [0.3, 0.4) is 0 Å². The molecule has 0 spiro atoms. The number of nitrogens with zero attached hydrogens (tertiary/aromatic N) is 1. The summed E-state index contributed by atoms with van der Waals surface area (Å²) in [5.74, 6) is 1.89. The molecule has 0 radical (unpaired) electrons. The lowest BCUT2D eigenvalue weighted by atomic mass is 9.77. The second-order valence-electron chi connectivity index (χ2n) is 4.26. The van der Waals surface area contributed by atoms with Crippen molar-refractivity contribution in [1.82, 2.24) is 4.90 Å². The molecule has 0 aliphatic carbocycles. The zero-order chi connectivity index (χ0) is 8.39. The fourth-order valence-corrected chi connectivity index (χ4v) is 2.77. The van der Waals surface area contributed by atoms with Gasteiger partial charge in [0.1, 0.15) is 0 Å². The number of aliphatic hydroxyl groups is 1. The van der Waals surface area contributed by atoms with Crippen LogP contribution >= 0.6 is 0 Å². The van der Waals surface area contributed by atoms with E-state index in [0.717, 1.165) is 18.3 Å². The molecule has 3 saturated heterocycles. The van der Waals surface area contributed by atoms with E-state index < -0.39 is 0 Å². The van der Waals surface area contributed by atoms with Crippen LogP contribution in [-0.4, -0.2) is 36.2 Å². The Balaban J connectivity index is 1.82. The number of piperidine rings is 3. The van der Waals surface area contributed by atoms with Crippen LogP contribution in [0, 0.1) is 11.8 Å². The summed E-state index contributed by atoms with van der Waals surface area (Å²) in [7, 11) is 0. The van der Waals surface area contributed by atoms with Gasteiger partial charge in [0, 0.05) is 13.2 Å². The van der Waals surface area contributed by atoms with Gasteiger partial charge < -0.3 is 10.0 Å². The van der Waals surface area contributed by atoms with Crippen molar-refractivity contribution < 1.29 is 5.11 Å². The minimum absolute atomic E-state index is 0.378. The molecule has 1 N–H and O–H groups in total. The van der Waals surface area contributed by atoms with Gasteiger partial charge in [0.05, 0.1) is 0 Å². The van der Waals surface area contributed by atoms with Crippen molar-refractivity contribution in [3.8, 4) is 0 Å². The number of hydrogen-bond acceptors (Lipinski definition) is 2. The zero-order valence-corrected chi connectivity index (χ0v) is 7.71. The highest BCUT2D eigenvalue weighted by Gasteiger charge is 2.33. The van der Waals surface area contributed by atoms with Crippen molar-refractivity contribution in [3.63, 3.8) is 0 Å². The van der Waals surface area contributed by atoms with Crippen LogP contribution in [0.5, 0.6) is 0 Å². The molecule has 3 heterocycles. The lowest BCUT2D eigenvalue weighted by Gasteiger charge is -2.45. The molecular weight excluding hydrogens is 150 g/mol. The predicted octanol–water partition coefficient (Wildman–Crippen LogP) is 1.10. The van der Waals surface area contributed by atoms with Gasteiger partial charge in [0.2, 0.25) is 0 Å². The van der Waals surface area contributed by atoms with Crippen molar-refractivity contribution >= 4 is 0 Å². The Kier molecular flexibility index (Phi) is 2.66. The molecule has 2 bridgehead atoms. The van der Waals surface area contributed by atoms with E-state index in [0.29, 0.717) is 6.61 Å². The van der Waals surface area contributed by atoms with E-state index in [9.17, 15) is 0 Å². The first-order valence-corrected chi connectivity index (χ1v) is 5.23. The number of hydrogen-bond donors (Lipinski definition) is 1. The van der Waals surface area contributed by atoms with Crippen LogP contribution in [0.2, 0.25) is 0 Å². The molecule has 0 aromatic rings. The SMILES string of the molecule is OCCC[C@@H]1CN2CCC1CC2. The number of fused-ring (bicyclic) bond motifs is 3. The Hall–Kier alpha value is -0.0800. The lowest BCUT2D eigenvalue weighted by Crippen LogP contribution is -2.47. The molecule has 70 valence electrons. The summed E-state index contributed by atoms with van der Waals surface area (Å²) in [4.78, 5) is 2.59. The minimum atomic E-state index is 0.378. The van der Waals surface area contributed by atoms with Crippen molar-refractivity contribution in [3.05, 3.63) is 0 Å². The summed E-state index contributed by atoms with van der Waals surface area (Å²) in [5.41, 5.74) is 0. The van der Waals surface area contributed by atoms with Crippen molar-refractivity contribution in [2.24, 2.45) is 11.8 Å². The van der Waals surface area contributed by atoms with E-state index in [2.05, 4.69) is 4.90 Å². The highest BCUT2D eigenvalue weighted by atomic mass is 16.2. The maximum atomic E-state index is 8.75. The normalized spacial score (nSPS) is 40.2. The Bertz CT molecular complexity index is 141. The zero-order valence-electron chi connectivity index (χ0n) is 7.71. The van der Waals surface area contributed by atoms with Gasteiger partial charge in [-0.25, -0.2) is 0 Å². The molecule has 2 nitrogen and oxygen atoms in total. The molecule has 0 saturated carbocycles. The monoisotopic (exact) mass is 169 g/mol. The summed E-state index contributed by atoms with van der Waals surface area (Å²) in [5, 5.41) is 8.75. The first-order valence-electron chi connectivity index (χ1n) is 5.23. The maximum absolute atomic E-state index is 8.75. The predicted molar refractivity (Wildman–Crippen MR) is 49.0 cm³/mol. The molecule has 2 heteroatoms. The highest BCUT2D eigenvalue weighted by Crippen LogP contribution is 2.34. The van der Waals surface area contributed by atoms with Crippen LogP contribution < -0.4 is 0 Å². The van der Waals surface area contributed by atoms with E-state index >= 15 is 0 Å². The van der Waals surface area contributed by atoms with Crippen molar-refractivity contribution in [1.29, 1.82) is 0 Å². The third-order valence-corrected chi connectivity index (χ3v) is 3.52. The first kappa shape index (κ1) is 8.52. The summed E-state index contributed by atoms with van der Waals surface area (Å²) in [6.07, 6.45) is 5.08. The molecule has 0 aromatic carbocycles. The topological polar surface area (TPSA) is 23.5 Å². The Labute approximate surface area is 74.6 Å². The molecule has 1 atom stereocenters. The first-order chi connectivity index (χ1) is 5.90. The molecule has 3 rings (SSSR count). The third-order valence-electron chi connectivity index (χ3n) is 3.52. The van der Waals surface area contributed by atoms with E-state index in [1.165, 1.54) is 38.9 Å². The van der Waals surface area contributed by atoms with Gasteiger partial charge in [-0.05, 0) is 50.6 Å². The van der Waals surface area contributed by atoms with Crippen LogP contribution in [0.4, 0.5) is 0 Å². The molecule has 0 aromatic heterocycles. The summed E-state index contributed by atoms with van der Waals surface area (Å²) >= 11 is 0. The minimum Gasteiger partial charge on any atom is -0.396 e. The molecular formula is C10H19NO. The largest absolute Gasteiger partial charge is 0.396 e. The lowest BCUT2D eigenvalue weighted by molar-refractivity contribution is 0.0433. The van der Waals surface area contributed by atoms with Crippen LogP contribution in [-0.2, 0) is 0 Å². The van der Waals surface area contributed by atoms with Crippen LogP contribution in [0.1, 0.15) is 25.7 Å². The molecule has 3 aliphatic heterocycles. The maximum Gasteiger partial charge on any atom is 0.0431 e. The number of aliphatic hydroxyl groups excluding tert-OH is 1. The van der Waals surface area contributed by atoms with E-state index in [4.69, 9.17) is 5.11 Å². The van der Waals surface area contributed by atoms with Gasteiger partial charge in [0.15, 0.2) is 0 Å². The second-order valence-corrected chi connectivity index (χ2v) is 4.26. The Morgan fingerprint density at radius 1 is 1.25 bits per heavy atom.